The highest BCUT2D eigenvalue weighted by molar-refractivity contribution is 7.26. The Morgan fingerprint density at radius 1 is 0.491 bits per heavy atom. The summed E-state index contributed by atoms with van der Waals surface area (Å²) in [5, 5.41) is 6.88. The molecule has 6 heteroatoms. The van der Waals surface area contributed by atoms with Crippen molar-refractivity contribution in [1.82, 2.24) is 9.55 Å². The maximum Gasteiger partial charge on any atom is 0.227 e. The molecule has 0 fully saturated rings. The number of para-hydroxylation sites is 3. The van der Waals surface area contributed by atoms with E-state index in [-0.39, 0.29) is 0 Å². The summed E-state index contributed by atoms with van der Waals surface area (Å²) in [6, 6.07) is 62.0. The van der Waals surface area contributed by atoms with Crippen molar-refractivity contribution in [3.63, 3.8) is 0 Å². The Hall–Kier alpha value is -7.15. The van der Waals surface area contributed by atoms with E-state index in [1.807, 2.05) is 47.7 Å². The summed E-state index contributed by atoms with van der Waals surface area (Å²) in [7, 11) is 0. The van der Waals surface area contributed by atoms with Gasteiger partial charge in [-0.05, 0) is 72.8 Å². The van der Waals surface area contributed by atoms with Crippen LogP contribution < -0.4 is 4.90 Å². The number of nitrogens with zero attached hydrogens (tertiary/aromatic N) is 3. The number of benzene rings is 8. The highest BCUT2D eigenvalue weighted by Gasteiger charge is 2.24. The zero-order valence-corrected chi connectivity index (χ0v) is 30.1. The summed E-state index contributed by atoms with van der Waals surface area (Å²) < 4.78 is 18.1. The second kappa shape index (κ2) is 11.7. The third-order valence-corrected chi connectivity index (χ3v) is 11.9. The van der Waals surface area contributed by atoms with E-state index in [2.05, 4.69) is 149 Å². The SMILES string of the molecule is c1ccc(-c2nc3cc4oc5c(N(c6ccc7c8ccccc8n(-c8ccccc8)c7c6)c6cccc7sc8ccccc8c67)cccc5c4cc3o2)cc1. The van der Waals surface area contributed by atoms with Crippen molar-refractivity contribution in [2.75, 3.05) is 4.90 Å². The fraction of sp³-hybridized carbons (Fsp3) is 0. The minimum atomic E-state index is 0.596. The average molecular weight is 724 g/mol. The standard InChI is InChI=1S/C49H29N3O2S/c1-3-13-30(14-4-1)49-50-38-29-43-37(28-44(38)54-49)35-19-11-22-41(48(35)53-43)52(40-21-12-24-46-47(40)36-18-8-10-23-45(36)55-46)32-25-26-34-33-17-7-9-20-39(33)51(42(34)27-32)31-15-5-2-6-16-31/h1-29H. The van der Waals surface area contributed by atoms with E-state index in [9.17, 15) is 0 Å². The molecule has 0 bridgehead atoms. The first-order chi connectivity index (χ1) is 27.3. The van der Waals surface area contributed by atoms with Gasteiger partial charge in [-0.25, -0.2) is 4.98 Å². The molecular weight excluding hydrogens is 695 g/mol. The molecule has 258 valence electrons. The van der Waals surface area contributed by atoms with Gasteiger partial charge >= 0.3 is 0 Å². The lowest BCUT2D eigenvalue weighted by Crippen LogP contribution is -2.11. The molecule has 0 spiro atoms. The molecule has 0 aliphatic heterocycles. The molecule has 0 aliphatic carbocycles. The van der Waals surface area contributed by atoms with E-state index in [4.69, 9.17) is 13.8 Å². The van der Waals surface area contributed by atoms with E-state index >= 15 is 0 Å². The van der Waals surface area contributed by atoms with Crippen LogP contribution in [0.4, 0.5) is 17.1 Å². The second-order valence-electron chi connectivity index (χ2n) is 13.9. The molecule has 5 nitrogen and oxygen atoms in total. The highest BCUT2D eigenvalue weighted by atomic mass is 32.1. The van der Waals surface area contributed by atoms with Crippen LogP contribution in [0.25, 0.3) is 92.2 Å². The Morgan fingerprint density at radius 3 is 2.09 bits per heavy atom. The Kier molecular flexibility index (Phi) is 6.44. The van der Waals surface area contributed by atoms with Gasteiger partial charge in [0.1, 0.15) is 11.1 Å². The van der Waals surface area contributed by atoms with E-state index in [1.165, 1.54) is 36.5 Å². The van der Waals surface area contributed by atoms with E-state index < -0.39 is 0 Å². The van der Waals surface area contributed by atoms with Crippen molar-refractivity contribution < 1.29 is 8.83 Å². The van der Waals surface area contributed by atoms with Crippen molar-refractivity contribution in [1.29, 1.82) is 0 Å². The summed E-state index contributed by atoms with van der Waals surface area (Å²) in [6.45, 7) is 0. The molecule has 0 atom stereocenters. The number of fused-ring (bicyclic) bond motifs is 10. The molecule has 8 aromatic carbocycles. The maximum atomic E-state index is 6.91. The Balaban J connectivity index is 1.14. The number of thiophene rings is 1. The minimum absolute atomic E-state index is 0.596. The molecule has 0 aliphatic rings. The van der Waals surface area contributed by atoms with E-state index in [0.717, 1.165) is 66.9 Å². The quantitative estimate of drug-likeness (QED) is 0.177. The second-order valence-corrected chi connectivity index (χ2v) is 15.0. The van der Waals surface area contributed by atoms with Gasteiger partial charge in [0.15, 0.2) is 11.2 Å². The van der Waals surface area contributed by atoms with Gasteiger partial charge in [0.2, 0.25) is 5.89 Å². The predicted octanol–water partition coefficient (Wildman–Crippen LogP) is 14.3. The molecule has 0 radical (unpaired) electrons. The van der Waals surface area contributed by atoms with Gasteiger partial charge in [-0.3, -0.25) is 0 Å². The lowest BCUT2D eigenvalue weighted by Gasteiger charge is -2.27. The lowest BCUT2D eigenvalue weighted by atomic mass is 10.1. The number of furan rings is 1. The van der Waals surface area contributed by atoms with E-state index in [0.29, 0.717) is 5.89 Å². The van der Waals surface area contributed by atoms with Crippen LogP contribution in [-0.4, -0.2) is 9.55 Å². The van der Waals surface area contributed by atoms with Crippen molar-refractivity contribution >= 4 is 103 Å². The number of rotatable bonds is 5. The number of oxazole rings is 1. The van der Waals surface area contributed by atoms with Crippen LogP contribution in [0.3, 0.4) is 0 Å². The van der Waals surface area contributed by atoms with Crippen molar-refractivity contribution in [3.8, 4) is 17.1 Å². The lowest BCUT2D eigenvalue weighted by molar-refractivity contribution is 0.620. The van der Waals surface area contributed by atoms with Crippen LogP contribution in [0, 0.1) is 0 Å². The average Bonchev–Trinajstić information content (AvgIpc) is 4.01. The van der Waals surface area contributed by atoms with Crippen molar-refractivity contribution in [3.05, 3.63) is 176 Å². The fourth-order valence-electron chi connectivity index (χ4n) is 8.39. The van der Waals surface area contributed by atoms with Gasteiger partial charge in [-0.1, -0.05) is 97.1 Å². The van der Waals surface area contributed by atoms with Crippen LogP contribution in [0.5, 0.6) is 0 Å². The molecule has 55 heavy (non-hydrogen) atoms. The first-order valence-corrected chi connectivity index (χ1v) is 19.2. The van der Waals surface area contributed by atoms with Crippen molar-refractivity contribution in [2.45, 2.75) is 0 Å². The third kappa shape index (κ3) is 4.55. The number of aromatic nitrogens is 2. The summed E-state index contributed by atoms with van der Waals surface area (Å²) >= 11 is 1.83. The Bertz CT molecular complexity index is 3450. The molecule has 0 N–H and O–H groups in total. The van der Waals surface area contributed by atoms with Crippen LogP contribution >= 0.6 is 11.3 Å². The summed E-state index contributed by atoms with van der Waals surface area (Å²) in [6.07, 6.45) is 0. The van der Waals surface area contributed by atoms with Crippen molar-refractivity contribution in [2.24, 2.45) is 0 Å². The molecule has 4 aromatic heterocycles. The minimum Gasteiger partial charge on any atom is -0.454 e. The van der Waals surface area contributed by atoms with Gasteiger partial charge < -0.3 is 18.3 Å². The molecule has 0 amide bonds. The summed E-state index contributed by atoms with van der Waals surface area (Å²) in [4.78, 5) is 7.24. The normalized spacial score (nSPS) is 12.0. The third-order valence-electron chi connectivity index (χ3n) is 10.8. The molecule has 12 rings (SSSR count). The molecule has 12 aromatic rings. The van der Waals surface area contributed by atoms with Crippen LogP contribution in [0.2, 0.25) is 0 Å². The zero-order valence-electron chi connectivity index (χ0n) is 29.3. The van der Waals surface area contributed by atoms with Crippen LogP contribution in [0.1, 0.15) is 0 Å². The monoisotopic (exact) mass is 723 g/mol. The fourth-order valence-corrected chi connectivity index (χ4v) is 9.51. The van der Waals surface area contributed by atoms with E-state index in [1.54, 1.807) is 0 Å². The van der Waals surface area contributed by atoms with Gasteiger partial charge in [0.05, 0.1) is 22.4 Å². The van der Waals surface area contributed by atoms with Crippen LogP contribution in [-0.2, 0) is 0 Å². The number of anilines is 3. The topological polar surface area (TPSA) is 47.3 Å². The molecule has 4 heterocycles. The summed E-state index contributed by atoms with van der Waals surface area (Å²) in [5.74, 6) is 0.596. The molecule has 0 saturated carbocycles. The molecular formula is C49H29N3O2S. The number of hydrogen-bond donors (Lipinski definition) is 0. The van der Waals surface area contributed by atoms with Gasteiger partial charge in [0.25, 0.3) is 0 Å². The Morgan fingerprint density at radius 2 is 1.20 bits per heavy atom. The first kappa shape index (κ1) is 30.3. The smallest absolute Gasteiger partial charge is 0.227 e. The molecule has 0 saturated heterocycles. The van der Waals surface area contributed by atoms with Gasteiger partial charge in [-0.2, -0.15) is 0 Å². The largest absolute Gasteiger partial charge is 0.454 e. The molecule has 0 unspecified atom stereocenters. The zero-order chi connectivity index (χ0) is 36.0. The maximum absolute atomic E-state index is 6.91. The predicted molar refractivity (Wildman–Crippen MR) is 229 cm³/mol. The van der Waals surface area contributed by atoms with Crippen LogP contribution in [0.15, 0.2) is 185 Å². The van der Waals surface area contributed by atoms with Gasteiger partial charge in [-0.15, -0.1) is 11.3 Å². The van der Waals surface area contributed by atoms with Gasteiger partial charge in [0, 0.05) is 64.7 Å². The number of hydrogen-bond acceptors (Lipinski definition) is 5. The summed E-state index contributed by atoms with van der Waals surface area (Å²) in [5.41, 5.74) is 10.5. The highest BCUT2D eigenvalue weighted by Crippen LogP contribution is 2.49. The Labute approximate surface area is 318 Å². The first-order valence-electron chi connectivity index (χ1n) is 18.4.